The van der Waals surface area contributed by atoms with Crippen LogP contribution in [0.3, 0.4) is 0 Å². The summed E-state index contributed by atoms with van der Waals surface area (Å²) >= 11 is 0. The van der Waals surface area contributed by atoms with Crippen LogP contribution in [0.15, 0.2) is 30.3 Å². The number of hydrogen-bond acceptors (Lipinski definition) is 3. The number of aromatic nitrogens is 2. The lowest BCUT2D eigenvalue weighted by Gasteiger charge is -2.16. The molecular weight excluding hydrogens is 300 g/mol. The Hall–Kier alpha value is -2.14. The van der Waals surface area contributed by atoms with Crippen molar-refractivity contribution >= 4 is 5.91 Å². The molecule has 5 heteroatoms. The predicted octanol–water partition coefficient (Wildman–Crippen LogP) is 2.45. The van der Waals surface area contributed by atoms with E-state index in [0.717, 1.165) is 30.2 Å². The molecule has 128 valence electrons. The molecule has 1 aromatic heterocycles. The van der Waals surface area contributed by atoms with E-state index in [9.17, 15) is 4.79 Å². The first-order valence-corrected chi connectivity index (χ1v) is 8.60. The second-order valence-electron chi connectivity index (χ2n) is 6.82. The van der Waals surface area contributed by atoms with Crippen LogP contribution in [-0.2, 0) is 11.3 Å². The van der Waals surface area contributed by atoms with Gasteiger partial charge in [0, 0.05) is 24.3 Å². The second-order valence-corrected chi connectivity index (χ2v) is 6.82. The van der Waals surface area contributed by atoms with E-state index in [1.165, 1.54) is 18.4 Å². The van der Waals surface area contributed by atoms with Crippen molar-refractivity contribution in [3.8, 4) is 5.69 Å². The van der Waals surface area contributed by atoms with Gasteiger partial charge in [0.2, 0.25) is 5.91 Å². The van der Waals surface area contributed by atoms with E-state index < -0.39 is 0 Å². The molecule has 1 heterocycles. The van der Waals surface area contributed by atoms with Crippen LogP contribution in [0.1, 0.15) is 29.8 Å². The maximum absolute atomic E-state index is 12.0. The molecule has 1 N–H and O–H groups in total. The van der Waals surface area contributed by atoms with Crippen molar-refractivity contribution in [1.82, 2.24) is 20.0 Å². The van der Waals surface area contributed by atoms with E-state index in [1.54, 1.807) is 0 Å². The Bertz CT molecular complexity index is 704. The Labute approximate surface area is 143 Å². The number of likely N-dealkylation sites (N-methyl/N-ethyl adjacent to an activating group) is 1. The quantitative estimate of drug-likeness (QED) is 0.850. The van der Waals surface area contributed by atoms with Crippen LogP contribution in [0.4, 0.5) is 0 Å². The van der Waals surface area contributed by atoms with Crippen molar-refractivity contribution in [3.63, 3.8) is 0 Å². The number of para-hydroxylation sites is 1. The number of carbonyl (C=O) groups is 1. The Balaban J connectivity index is 1.64. The highest BCUT2D eigenvalue weighted by Crippen LogP contribution is 2.27. The van der Waals surface area contributed by atoms with Crippen molar-refractivity contribution in [3.05, 3.63) is 47.3 Å². The SMILES string of the molecule is Cc1nn(-c2ccccc2)c(C)c1CN(C)CC(=O)NCC1CC1. The summed E-state index contributed by atoms with van der Waals surface area (Å²) in [4.78, 5) is 14.0. The van der Waals surface area contributed by atoms with Crippen LogP contribution in [0.25, 0.3) is 5.69 Å². The summed E-state index contributed by atoms with van der Waals surface area (Å²) in [6.45, 7) is 6.09. The predicted molar refractivity (Wildman–Crippen MR) is 95.1 cm³/mol. The first-order chi connectivity index (χ1) is 11.5. The average Bonchev–Trinajstić information content (AvgIpc) is 3.36. The molecule has 1 aromatic carbocycles. The molecule has 0 saturated heterocycles. The number of nitrogens with zero attached hydrogens (tertiary/aromatic N) is 3. The van der Waals surface area contributed by atoms with E-state index in [4.69, 9.17) is 0 Å². The second kappa shape index (κ2) is 7.18. The monoisotopic (exact) mass is 326 g/mol. The molecule has 3 rings (SSSR count). The molecule has 0 unspecified atom stereocenters. The maximum Gasteiger partial charge on any atom is 0.234 e. The number of nitrogens with one attached hydrogen (secondary N) is 1. The Morgan fingerprint density at radius 2 is 2.00 bits per heavy atom. The van der Waals surface area contributed by atoms with Crippen LogP contribution < -0.4 is 5.32 Å². The van der Waals surface area contributed by atoms with E-state index in [1.807, 2.05) is 36.9 Å². The van der Waals surface area contributed by atoms with Crippen molar-refractivity contribution in [2.75, 3.05) is 20.1 Å². The van der Waals surface area contributed by atoms with Gasteiger partial charge in [-0.2, -0.15) is 5.10 Å². The van der Waals surface area contributed by atoms with Gasteiger partial charge in [-0.3, -0.25) is 9.69 Å². The molecule has 1 aliphatic rings. The minimum atomic E-state index is 0.107. The molecule has 1 amide bonds. The largest absolute Gasteiger partial charge is 0.355 e. The molecule has 24 heavy (non-hydrogen) atoms. The number of rotatable bonds is 7. The highest BCUT2D eigenvalue weighted by molar-refractivity contribution is 5.78. The van der Waals surface area contributed by atoms with Gasteiger partial charge in [0.15, 0.2) is 0 Å². The zero-order chi connectivity index (χ0) is 17.1. The molecule has 0 bridgehead atoms. The third-order valence-corrected chi connectivity index (χ3v) is 4.57. The fraction of sp³-hybridized carbons (Fsp3) is 0.474. The van der Waals surface area contributed by atoms with Gasteiger partial charge in [-0.25, -0.2) is 4.68 Å². The number of aryl methyl sites for hydroxylation is 1. The standard InChI is InChI=1S/C19H26N4O/c1-14-18(12-22(3)13-19(24)20-11-16-9-10-16)15(2)23(21-14)17-7-5-4-6-8-17/h4-8,16H,9-13H2,1-3H3,(H,20,24). The Kier molecular flexibility index (Phi) is 5.00. The Morgan fingerprint density at radius 1 is 1.29 bits per heavy atom. The summed E-state index contributed by atoms with van der Waals surface area (Å²) in [6, 6.07) is 10.1. The van der Waals surface area contributed by atoms with Gasteiger partial charge in [-0.15, -0.1) is 0 Å². The zero-order valence-electron chi connectivity index (χ0n) is 14.7. The van der Waals surface area contributed by atoms with Crippen molar-refractivity contribution in [1.29, 1.82) is 0 Å². The van der Waals surface area contributed by atoms with Crippen molar-refractivity contribution in [2.45, 2.75) is 33.2 Å². The highest BCUT2D eigenvalue weighted by Gasteiger charge is 2.22. The lowest BCUT2D eigenvalue weighted by Crippen LogP contribution is -2.36. The summed E-state index contributed by atoms with van der Waals surface area (Å²) in [6.07, 6.45) is 2.51. The molecule has 0 spiro atoms. The van der Waals surface area contributed by atoms with E-state index in [-0.39, 0.29) is 5.91 Å². The lowest BCUT2D eigenvalue weighted by atomic mass is 10.2. The topological polar surface area (TPSA) is 50.2 Å². The molecule has 1 saturated carbocycles. The molecular formula is C19H26N4O. The number of benzene rings is 1. The summed E-state index contributed by atoms with van der Waals surface area (Å²) in [7, 11) is 1.98. The van der Waals surface area contributed by atoms with E-state index in [2.05, 4.69) is 34.4 Å². The number of amides is 1. The zero-order valence-corrected chi connectivity index (χ0v) is 14.7. The smallest absolute Gasteiger partial charge is 0.234 e. The van der Waals surface area contributed by atoms with Crippen molar-refractivity contribution in [2.24, 2.45) is 5.92 Å². The van der Waals surface area contributed by atoms with Gasteiger partial charge in [-0.05, 0) is 51.8 Å². The van der Waals surface area contributed by atoms with E-state index in [0.29, 0.717) is 12.5 Å². The van der Waals surface area contributed by atoms with Gasteiger partial charge >= 0.3 is 0 Å². The average molecular weight is 326 g/mol. The van der Waals surface area contributed by atoms with Crippen LogP contribution in [0.5, 0.6) is 0 Å². The van der Waals surface area contributed by atoms with Gasteiger partial charge < -0.3 is 5.32 Å². The van der Waals surface area contributed by atoms with Crippen molar-refractivity contribution < 1.29 is 4.79 Å². The minimum Gasteiger partial charge on any atom is -0.355 e. The molecule has 0 radical (unpaired) electrons. The number of hydrogen-bond donors (Lipinski definition) is 1. The van der Waals surface area contributed by atoms with Crippen LogP contribution in [0.2, 0.25) is 0 Å². The maximum atomic E-state index is 12.0. The fourth-order valence-electron chi connectivity index (χ4n) is 2.93. The van der Waals surface area contributed by atoms with Crippen LogP contribution >= 0.6 is 0 Å². The highest BCUT2D eigenvalue weighted by atomic mass is 16.2. The summed E-state index contributed by atoms with van der Waals surface area (Å²) in [5, 5.41) is 7.69. The normalized spacial score (nSPS) is 14.2. The van der Waals surface area contributed by atoms with E-state index >= 15 is 0 Å². The first kappa shape index (κ1) is 16.7. The van der Waals surface area contributed by atoms with Gasteiger partial charge in [0.1, 0.15) is 0 Å². The van der Waals surface area contributed by atoms with Crippen LogP contribution in [0, 0.1) is 19.8 Å². The van der Waals surface area contributed by atoms with Crippen LogP contribution in [-0.4, -0.2) is 40.7 Å². The third-order valence-electron chi connectivity index (χ3n) is 4.57. The van der Waals surface area contributed by atoms with Gasteiger partial charge in [0.05, 0.1) is 17.9 Å². The third kappa shape index (κ3) is 4.03. The van der Waals surface area contributed by atoms with Gasteiger partial charge in [0.25, 0.3) is 0 Å². The fourth-order valence-corrected chi connectivity index (χ4v) is 2.93. The summed E-state index contributed by atoms with van der Waals surface area (Å²) < 4.78 is 1.98. The minimum absolute atomic E-state index is 0.107. The summed E-state index contributed by atoms with van der Waals surface area (Å²) in [5.41, 5.74) is 4.40. The molecule has 0 atom stereocenters. The number of carbonyl (C=O) groups excluding carboxylic acids is 1. The molecule has 1 fully saturated rings. The molecule has 5 nitrogen and oxygen atoms in total. The Morgan fingerprint density at radius 3 is 2.67 bits per heavy atom. The molecule has 0 aliphatic heterocycles. The molecule has 2 aromatic rings. The van der Waals surface area contributed by atoms with Gasteiger partial charge in [-0.1, -0.05) is 18.2 Å². The summed E-state index contributed by atoms with van der Waals surface area (Å²) in [5.74, 6) is 0.822. The lowest BCUT2D eigenvalue weighted by molar-refractivity contribution is -0.122. The first-order valence-electron chi connectivity index (χ1n) is 8.60. The molecule has 1 aliphatic carbocycles.